The van der Waals surface area contributed by atoms with Crippen molar-refractivity contribution >= 4 is 21.6 Å². The molecule has 0 fully saturated rings. The number of aromatic amines is 1. The Balaban J connectivity index is 0.000000285. The van der Waals surface area contributed by atoms with Gasteiger partial charge in [0, 0.05) is 12.1 Å². The largest absolute Gasteiger partial charge is 0.494 e. The molecule has 4 aromatic carbocycles. The highest BCUT2D eigenvalue weighted by Crippen LogP contribution is 2.38. The molecule has 9 heteroatoms. The zero-order valence-electron chi connectivity index (χ0n) is 26.9. The van der Waals surface area contributed by atoms with E-state index in [4.69, 9.17) is 0 Å². The van der Waals surface area contributed by atoms with Crippen LogP contribution in [-0.4, -0.2) is 67.5 Å². The molecule has 0 bridgehead atoms. The minimum atomic E-state index is -3.00. The minimum absolute atomic E-state index is 0.0473. The fourth-order valence-corrected chi connectivity index (χ4v) is 6.10. The van der Waals surface area contributed by atoms with Crippen molar-refractivity contribution in [3.63, 3.8) is 0 Å². The predicted octanol–water partition coefficient (Wildman–Crippen LogP) is 6.98. The van der Waals surface area contributed by atoms with E-state index >= 15 is 0 Å². The summed E-state index contributed by atoms with van der Waals surface area (Å²) >= 11 is 0. The highest BCUT2D eigenvalue weighted by atomic mass is 32.2. The van der Waals surface area contributed by atoms with E-state index < -0.39 is 10.0 Å². The van der Waals surface area contributed by atoms with Crippen LogP contribution in [-0.2, 0) is 10.0 Å². The normalized spacial score (nSPS) is 12.4. The zero-order valence-corrected chi connectivity index (χ0v) is 27.7. The lowest BCUT2D eigenvalue weighted by Gasteiger charge is -2.17. The molecule has 1 aliphatic heterocycles. The number of fused-ring (bicyclic) bond motifs is 1. The van der Waals surface area contributed by atoms with Gasteiger partial charge in [0.25, 0.3) is 5.91 Å². The highest BCUT2D eigenvalue weighted by Gasteiger charge is 2.33. The minimum Gasteiger partial charge on any atom is -0.494 e. The Kier molecular flexibility index (Phi) is 10.8. The Morgan fingerprint density at radius 3 is 1.66 bits per heavy atom. The van der Waals surface area contributed by atoms with Gasteiger partial charge in [-0.2, -0.15) is 0 Å². The molecule has 0 radical (unpaired) electrons. The smallest absolute Gasteiger partial charge is 0.280 e. The third-order valence-electron chi connectivity index (χ3n) is 8.10. The molecular weight excluding hydrogens is 609 g/mol. The van der Waals surface area contributed by atoms with E-state index in [9.17, 15) is 18.3 Å². The van der Waals surface area contributed by atoms with Crippen LogP contribution in [0.15, 0.2) is 114 Å². The first-order valence-corrected chi connectivity index (χ1v) is 17.6. The number of H-pyrrole nitrogens is 1. The van der Waals surface area contributed by atoms with Crippen LogP contribution in [0.1, 0.15) is 41.8 Å². The summed E-state index contributed by atoms with van der Waals surface area (Å²) in [6.45, 7) is 7.75. The van der Waals surface area contributed by atoms with Gasteiger partial charge in [-0.1, -0.05) is 123 Å². The molecule has 242 valence electrons. The van der Waals surface area contributed by atoms with E-state index in [0.29, 0.717) is 29.1 Å². The van der Waals surface area contributed by atoms with Gasteiger partial charge in [-0.15, -0.1) is 0 Å². The van der Waals surface area contributed by atoms with Crippen LogP contribution in [0.2, 0.25) is 0 Å². The summed E-state index contributed by atoms with van der Waals surface area (Å²) in [5.41, 5.74) is 7.93. The number of amides is 1. The number of nitrogens with one attached hydrogen (secondary N) is 2. The first kappa shape index (κ1) is 33.5. The molecule has 1 aliphatic rings. The van der Waals surface area contributed by atoms with Gasteiger partial charge >= 0.3 is 0 Å². The number of carbonyl (C=O) groups excluding carboxylic acids is 1. The molecule has 5 aromatic rings. The molecule has 3 N–H and O–H groups in total. The van der Waals surface area contributed by atoms with Crippen LogP contribution in [0.4, 0.5) is 0 Å². The van der Waals surface area contributed by atoms with Crippen molar-refractivity contribution in [3.8, 4) is 39.4 Å². The second kappa shape index (κ2) is 15.2. The average Bonchev–Trinajstić information content (AvgIpc) is 3.63. The molecule has 47 heavy (non-hydrogen) atoms. The predicted molar refractivity (Wildman–Crippen MR) is 190 cm³/mol. The first-order valence-electron chi connectivity index (χ1n) is 15.8. The van der Waals surface area contributed by atoms with Crippen LogP contribution in [0, 0.1) is 0 Å². The number of carbonyl (C=O) groups is 1. The quantitative estimate of drug-likeness (QED) is 0.134. The topological polar surface area (TPSA) is 115 Å². The number of nitrogens with zero attached hydrogens (tertiary/aromatic N) is 2. The van der Waals surface area contributed by atoms with Gasteiger partial charge in [0.2, 0.25) is 10.0 Å². The van der Waals surface area contributed by atoms with Gasteiger partial charge in [0.05, 0.1) is 28.8 Å². The average molecular weight is 649 g/mol. The molecule has 0 unspecified atom stereocenters. The summed E-state index contributed by atoms with van der Waals surface area (Å²) in [6, 6.07) is 36.0. The molecule has 6 rings (SSSR count). The Morgan fingerprint density at radius 2 is 1.17 bits per heavy atom. The van der Waals surface area contributed by atoms with E-state index in [1.807, 2.05) is 84.9 Å². The second-order valence-corrected chi connectivity index (χ2v) is 13.1. The van der Waals surface area contributed by atoms with Crippen molar-refractivity contribution in [1.29, 1.82) is 0 Å². The Hall–Kier alpha value is -4.83. The van der Waals surface area contributed by atoms with Gasteiger partial charge < -0.3 is 15.0 Å². The fraction of sp³-hybridized carbons (Fsp3) is 0.211. The van der Waals surface area contributed by atoms with E-state index in [0.717, 1.165) is 59.4 Å². The number of rotatable bonds is 11. The number of aromatic hydroxyl groups is 1. The number of aromatic nitrogens is 1. The lowest BCUT2D eigenvalue weighted by Crippen LogP contribution is -2.29. The van der Waals surface area contributed by atoms with Crippen molar-refractivity contribution < 1.29 is 18.3 Å². The molecule has 8 nitrogen and oxygen atoms in total. The Morgan fingerprint density at radius 1 is 0.702 bits per heavy atom. The zero-order chi connectivity index (χ0) is 33.4. The van der Waals surface area contributed by atoms with Crippen LogP contribution >= 0.6 is 0 Å². The maximum atomic E-state index is 12.9. The summed E-state index contributed by atoms with van der Waals surface area (Å²) in [7, 11) is -3.00. The second-order valence-electron chi connectivity index (χ2n) is 11.3. The van der Waals surface area contributed by atoms with Crippen molar-refractivity contribution in [1.82, 2.24) is 14.6 Å². The van der Waals surface area contributed by atoms with Crippen LogP contribution in [0.3, 0.4) is 0 Å². The third kappa shape index (κ3) is 8.31. The van der Waals surface area contributed by atoms with Crippen LogP contribution in [0.25, 0.3) is 33.5 Å². The lowest BCUT2D eigenvalue weighted by atomic mass is 9.97. The molecule has 0 saturated heterocycles. The molecular formula is C38H40N4O4S. The van der Waals surface area contributed by atoms with Gasteiger partial charge in [0.1, 0.15) is 0 Å². The maximum absolute atomic E-state index is 12.9. The number of aliphatic imine (C=N–C) groups is 1. The van der Waals surface area contributed by atoms with Gasteiger partial charge in [-0.3, -0.25) is 4.79 Å². The molecule has 0 atom stereocenters. The number of hydrogen-bond acceptors (Lipinski definition) is 5. The highest BCUT2D eigenvalue weighted by molar-refractivity contribution is 7.88. The Bertz CT molecular complexity index is 1930. The number of benzene rings is 4. The van der Waals surface area contributed by atoms with Gasteiger partial charge in [-0.05, 0) is 53.9 Å². The Labute approximate surface area is 276 Å². The summed E-state index contributed by atoms with van der Waals surface area (Å²) in [6.07, 6.45) is 2.05. The van der Waals surface area contributed by atoms with Crippen molar-refractivity contribution in [2.75, 3.05) is 32.4 Å². The standard InChI is InChI=1S/C30H20N2O2.C8H20N2O2S/c33-29-25-26(28(32-29)24-17-13-22(14-18-24)20-9-5-2-6-10-20)30(34)31-27(25)23-15-11-21(12-16-23)19-7-3-1-4-8-19;1-4-10(5-2)8-6-7-9-13(3,11)12/h1-18,31,34H;9H,4-8H2,1-3H3. The van der Waals surface area contributed by atoms with E-state index in [1.165, 1.54) is 6.26 Å². The van der Waals surface area contributed by atoms with Crippen molar-refractivity contribution in [2.45, 2.75) is 20.3 Å². The van der Waals surface area contributed by atoms with Crippen molar-refractivity contribution in [2.24, 2.45) is 4.99 Å². The SMILES string of the molecule is CCN(CC)CCCNS(C)(=O)=O.O=C1N=C(c2ccc(-c3ccccc3)cc2)c2c(O)[nH]c(-c3ccc(-c4ccccc4)cc3)c21. The number of sulfonamides is 1. The molecule has 0 aliphatic carbocycles. The van der Waals surface area contributed by atoms with E-state index in [2.05, 4.69) is 57.7 Å². The number of hydrogen-bond donors (Lipinski definition) is 3. The summed E-state index contributed by atoms with van der Waals surface area (Å²) in [5, 5.41) is 10.7. The monoisotopic (exact) mass is 648 g/mol. The summed E-state index contributed by atoms with van der Waals surface area (Å²) in [5.74, 6) is -0.398. The van der Waals surface area contributed by atoms with E-state index in [1.54, 1.807) is 0 Å². The van der Waals surface area contributed by atoms with E-state index in [-0.39, 0.29) is 11.8 Å². The first-order chi connectivity index (χ1) is 22.7. The van der Waals surface area contributed by atoms with Gasteiger partial charge in [-0.25, -0.2) is 18.1 Å². The molecule has 1 aromatic heterocycles. The molecule has 2 heterocycles. The molecule has 0 saturated carbocycles. The molecule has 1 amide bonds. The maximum Gasteiger partial charge on any atom is 0.280 e. The van der Waals surface area contributed by atoms with Crippen LogP contribution in [0.5, 0.6) is 5.88 Å². The van der Waals surface area contributed by atoms with Crippen molar-refractivity contribution in [3.05, 3.63) is 126 Å². The summed E-state index contributed by atoms with van der Waals surface area (Å²) in [4.78, 5) is 22.5. The van der Waals surface area contributed by atoms with Crippen LogP contribution < -0.4 is 4.72 Å². The third-order valence-corrected chi connectivity index (χ3v) is 8.83. The lowest BCUT2D eigenvalue weighted by molar-refractivity contribution is 0.101. The molecule has 0 spiro atoms. The van der Waals surface area contributed by atoms with Gasteiger partial charge in [0.15, 0.2) is 5.88 Å². The summed E-state index contributed by atoms with van der Waals surface area (Å²) < 4.78 is 23.9. The fourth-order valence-electron chi connectivity index (χ4n) is 5.58.